The summed E-state index contributed by atoms with van der Waals surface area (Å²) in [5.74, 6) is 0.0845. The van der Waals surface area contributed by atoms with Crippen LogP contribution in [-0.4, -0.2) is 38.3 Å². The zero-order valence-electron chi connectivity index (χ0n) is 15.6. The van der Waals surface area contributed by atoms with E-state index in [1.54, 1.807) is 30.3 Å². The topological polar surface area (TPSA) is 75.7 Å². The molecule has 0 radical (unpaired) electrons. The van der Waals surface area contributed by atoms with Crippen molar-refractivity contribution >= 4 is 37.5 Å². The molecule has 2 aromatic rings. The molecule has 0 spiro atoms. The molecule has 1 amide bonds. The predicted octanol–water partition coefficient (Wildman–Crippen LogP) is 3.89. The van der Waals surface area contributed by atoms with Crippen LogP contribution in [0.2, 0.25) is 0 Å². The van der Waals surface area contributed by atoms with Crippen molar-refractivity contribution in [1.82, 2.24) is 4.31 Å². The van der Waals surface area contributed by atoms with Gasteiger partial charge in [0.1, 0.15) is 5.75 Å². The first-order chi connectivity index (χ1) is 13.4. The van der Waals surface area contributed by atoms with Gasteiger partial charge in [-0.1, -0.05) is 22.0 Å². The zero-order chi connectivity index (χ0) is 20.1. The summed E-state index contributed by atoms with van der Waals surface area (Å²) >= 11 is 3.38. The van der Waals surface area contributed by atoms with E-state index in [0.29, 0.717) is 37.4 Å². The molecule has 0 aromatic heterocycles. The fourth-order valence-corrected chi connectivity index (χ4v) is 5.13. The van der Waals surface area contributed by atoms with E-state index in [2.05, 4.69) is 21.2 Å². The average molecular weight is 467 g/mol. The van der Waals surface area contributed by atoms with Gasteiger partial charge >= 0.3 is 0 Å². The molecule has 6 nitrogen and oxygen atoms in total. The molecule has 1 aliphatic rings. The van der Waals surface area contributed by atoms with E-state index < -0.39 is 10.0 Å². The quantitative estimate of drug-likeness (QED) is 0.700. The first-order valence-electron chi connectivity index (χ1n) is 9.19. The van der Waals surface area contributed by atoms with E-state index in [9.17, 15) is 13.2 Å². The van der Waals surface area contributed by atoms with Crippen LogP contribution in [0.15, 0.2) is 57.9 Å². The van der Waals surface area contributed by atoms with Crippen LogP contribution in [0.3, 0.4) is 0 Å². The monoisotopic (exact) mass is 466 g/mol. The Balaban J connectivity index is 1.70. The summed E-state index contributed by atoms with van der Waals surface area (Å²) in [5.41, 5.74) is 0.686. The van der Waals surface area contributed by atoms with Crippen molar-refractivity contribution in [2.45, 2.75) is 24.7 Å². The molecule has 8 heteroatoms. The van der Waals surface area contributed by atoms with Crippen molar-refractivity contribution in [2.24, 2.45) is 5.92 Å². The summed E-state index contributed by atoms with van der Waals surface area (Å²) in [4.78, 5) is 12.9. The maximum Gasteiger partial charge on any atom is 0.243 e. The van der Waals surface area contributed by atoms with Gasteiger partial charge in [-0.2, -0.15) is 4.31 Å². The van der Waals surface area contributed by atoms with Crippen LogP contribution in [0.1, 0.15) is 19.8 Å². The van der Waals surface area contributed by atoms with Gasteiger partial charge in [-0.05, 0) is 62.2 Å². The maximum absolute atomic E-state index is 13.0. The molecule has 0 saturated carbocycles. The van der Waals surface area contributed by atoms with E-state index in [0.717, 1.165) is 4.47 Å². The average Bonchev–Trinajstić information content (AvgIpc) is 2.69. The first-order valence-corrected chi connectivity index (χ1v) is 11.4. The molecule has 1 saturated heterocycles. The number of carbonyl (C=O) groups excluding carboxylic acids is 1. The first kappa shape index (κ1) is 20.8. The number of carbonyl (C=O) groups is 1. The maximum atomic E-state index is 13.0. The molecule has 2 aromatic carbocycles. The van der Waals surface area contributed by atoms with Gasteiger partial charge in [0.15, 0.2) is 0 Å². The molecule has 1 fully saturated rings. The third kappa shape index (κ3) is 4.92. The minimum Gasteiger partial charge on any atom is -0.494 e. The van der Waals surface area contributed by atoms with E-state index in [1.165, 1.54) is 4.31 Å². The Labute approximate surface area is 174 Å². The van der Waals surface area contributed by atoms with Gasteiger partial charge in [0.25, 0.3) is 0 Å². The molecule has 0 unspecified atom stereocenters. The molecular formula is C20H23BrN2O4S. The number of anilines is 1. The van der Waals surface area contributed by atoms with Crippen molar-refractivity contribution in [3.8, 4) is 5.75 Å². The van der Waals surface area contributed by atoms with Gasteiger partial charge in [-0.3, -0.25) is 4.79 Å². The van der Waals surface area contributed by atoms with Gasteiger partial charge in [-0.25, -0.2) is 8.42 Å². The number of sulfonamides is 1. The number of piperidine rings is 1. The Morgan fingerprint density at radius 2 is 2.00 bits per heavy atom. The van der Waals surface area contributed by atoms with E-state index in [-0.39, 0.29) is 23.3 Å². The smallest absolute Gasteiger partial charge is 0.243 e. The molecule has 1 heterocycles. The fraction of sp³-hybridized carbons (Fsp3) is 0.350. The highest BCUT2D eigenvalue weighted by molar-refractivity contribution is 9.10. The Kier molecular flexibility index (Phi) is 6.74. The number of benzene rings is 2. The third-order valence-electron chi connectivity index (χ3n) is 4.62. The number of amides is 1. The molecule has 0 aliphatic carbocycles. The molecule has 1 aliphatic heterocycles. The number of rotatable bonds is 6. The number of halogens is 1. The Morgan fingerprint density at radius 3 is 2.68 bits per heavy atom. The molecule has 1 atom stereocenters. The minimum absolute atomic E-state index is 0.162. The molecule has 28 heavy (non-hydrogen) atoms. The number of nitrogens with zero attached hydrogens (tertiary/aromatic N) is 1. The lowest BCUT2D eigenvalue weighted by Gasteiger charge is -2.31. The lowest BCUT2D eigenvalue weighted by atomic mass is 9.99. The van der Waals surface area contributed by atoms with Crippen molar-refractivity contribution in [1.29, 1.82) is 0 Å². The summed E-state index contributed by atoms with van der Waals surface area (Å²) in [6.07, 6.45) is 1.31. The SMILES string of the molecule is CCOc1ccc(S(=O)(=O)N2CCC[C@H](C(=O)Nc3cccc(Br)c3)C2)cc1. The van der Waals surface area contributed by atoms with Gasteiger partial charge in [-0.15, -0.1) is 0 Å². The lowest BCUT2D eigenvalue weighted by molar-refractivity contribution is -0.120. The van der Waals surface area contributed by atoms with Crippen LogP contribution in [-0.2, 0) is 14.8 Å². The molecule has 1 N–H and O–H groups in total. The second kappa shape index (κ2) is 9.07. The number of nitrogens with one attached hydrogen (secondary N) is 1. The summed E-state index contributed by atoms with van der Waals surface area (Å²) in [6, 6.07) is 13.7. The summed E-state index contributed by atoms with van der Waals surface area (Å²) in [7, 11) is -3.65. The van der Waals surface area contributed by atoms with Gasteiger partial charge in [0.2, 0.25) is 15.9 Å². The normalized spacial score (nSPS) is 17.9. The Morgan fingerprint density at radius 1 is 1.25 bits per heavy atom. The summed E-state index contributed by atoms with van der Waals surface area (Å²) in [6.45, 7) is 2.98. The summed E-state index contributed by atoms with van der Waals surface area (Å²) < 4.78 is 33.6. The highest BCUT2D eigenvalue weighted by atomic mass is 79.9. The summed E-state index contributed by atoms with van der Waals surface area (Å²) in [5, 5.41) is 2.88. The number of ether oxygens (including phenoxy) is 1. The second-order valence-electron chi connectivity index (χ2n) is 6.61. The molecule has 0 bridgehead atoms. The minimum atomic E-state index is -3.65. The van der Waals surface area contributed by atoms with Crippen LogP contribution in [0.5, 0.6) is 5.75 Å². The van der Waals surface area contributed by atoms with E-state index >= 15 is 0 Å². The lowest BCUT2D eigenvalue weighted by Crippen LogP contribution is -2.43. The molecular weight excluding hydrogens is 444 g/mol. The fourth-order valence-electron chi connectivity index (χ4n) is 3.21. The van der Waals surface area contributed by atoms with Crippen molar-refractivity contribution in [3.63, 3.8) is 0 Å². The van der Waals surface area contributed by atoms with Crippen LogP contribution in [0.4, 0.5) is 5.69 Å². The van der Waals surface area contributed by atoms with Crippen molar-refractivity contribution < 1.29 is 17.9 Å². The van der Waals surface area contributed by atoms with Crippen molar-refractivity contribution in [2.75, 3.05) is 25.0 Å². The highest BCUT2D eigenvalue weighted by Crippen LogP contribution is 2.26. The number of hydrogen-bond acceptors (Lipinski definition) is 4. The molecule has 3 rings (SSSR count). The van der Waals surface area contributed by atoms with Gasteiger partial charge < -0.3 is 10.1 Å². The van der Waals surface area contributed by atoms with Crippen LogP contribution < -0.4 is 10.1 Å². The zero-order valence-corrected chi connectivity index (χ0v) is 18.0. The van der Waals surface area contributed by atoms with Gasteiger partial charge in [0, 0.05) is 23.2 Å². The number of hydrogen-bond donors (Lipinski definition) is 1. The molecule has 150 valence electrons. The standard InChI is InChI=1S/C20H23BrN2O4S/c1-2-27-18-8-10-19(11-9-18)28(25,26)23-12-4-5-15(14-23)20(24)22-17-7-3-6-16(21)13-17/h3,6-11,13,15H,2,4-5,12,14H2,1H3,(H,22,24)/t15-/m0/s1. The van der Waals surface area contributed by atoms with E-state index in [4.69, 9.17) is 4.74 Å². The second-order valence-corrected chi connectivity index (χ2v) is 9.46. The highest BCUT2D eigenvalue weighted by Gasteiger charge is 2.33. The van der Waals surface area contributed by atoms with Crippen LogP contribution in [0.25, 0.3) is 0 Å². The van der Waals surface area contributed by atoms with Gasteiger partial charge in [0.05, 0.1) is 17.4 Å². The van der Waals surface area contributed by atoms with Crippen LogP contribution >= 0.6 is 15.9 Å². The third-order valence-corrected chi connectivity index (χ3v) is 6.99. The van der Waals surface area contributed by atoms with Crippen molar-refractivity contribution in [3.05, 3.63) is 53.0 Å². The largest absolute Gasteiger partial charge is 0.494 e. The Hall–Kier alpha value is -1.90. The van der Waals surface area contributed by atoms with E-state index in [1.807, 2.05) is 25.1 Å². The van der Waals surface area contributed by atoms with Crippen LogP contribution in [0, 0.1) is 5.92 Å². The predicted molar refractivity (Wildman–Crippen MR) is 112 cm³/mol. The Bertz CT molecular complexity index is 931.